The lowest BCUT2D eigenvalue weighted by Gasteiger charge is -2.13. The summed E-state index contributed by atoms with van der Waals surface area (Å²) in [4.78, 5) is 23.7. The molecule has 2 aromatic carbocycles. The first-order valence-corrected chi connectivity index (χ1v) is 8.14. The van der Waals surface area contributed by atoms with Crippen LogP contribution in [0.3, 0.4) is 0 Å². The average Bonchev–Trinajstić information content (AvgIpc) is 2.96. The van der Waals surface area contributed by atoms with Crippen LogP contribution >= 0.6 is 0 Å². The summed E-state index contributed by atoms with van der Waals surface area (Å²) in [5, 5.41) is 26.7. The second-order valence-corrected chi connectivity index (χ2v) is 6.37. The van der Waals surface area contributed by atoms with Crippen LogP contribution in [0.5, 0.6) is 11.5 Å². The van der Waals surface area contributed by atoms with E-state index in [9.17, 15) is 19.8 Å². The van der Waals surface area contributed by atoms with Crippen molar-refractivity contribution in [2.75, 3.05) is 0 Å². The van der Waals surface area contributed by atoms with E-state index in [0.29, 0.717) is 22.4 Å². The second kappa shape index (κ2) is 6.51. The highest BCUT2D eigenvalue weighted by molar-refractivity contribution is 5.94. The van der Waals surface area contributed by atoms with Gasteiger partial charge in [0, 0.05) is 11.6 Å². The fourth-order valence-electron chi connectivity index (χ4n) is 2.80. The molecule has 1 aromatic heterocycles. The van der Waals surface area contributed by atoms with Gasteiger partial charge < -0.3 is 10.2 Å². The number of Topliss-reactive ketones (excluding diaryl/α,β-unsaturated/α-hetero) is 1. The average molecular weight is 353 g/mol. The molecule has 3 rings (SSSR count). The lowest BCUT2D eigenvalue weighted by atomic mass is 9.98. The number of carbonyl (C=O) groups is 1. The van der Waals surface area contributed by atoms with Crippen LogP contribution in [-0.4, -0.2) is 30.8 Å². The van der Waals surface area contributed by atoms with Crippen molar-refractivity contribution >= 4 is 5.78 Å². The third-order valence-corrected chi connectivity index (χ3v) is 4.21. The summed E-state index contributed by atoms with van der Waals surface area (Å²) in [5.74, 6) is -0.0497. The molecule has 0 amide bonds. The minimum atomic E-state index is -0.478. The smallest absolute Gasteiger partial charge is 0.348 e. The molecule has 0 radical (unpaired) electrons. The highest BCUT2D eigenvalue weighted by Crippen LogP contribution is 2.37. The van der Waals surface area contributed by atoms with E-state index < -0.39 is 5.69 Å². The first kappa shape index (κ1) is 17.5. The Kier molecular flexibility index (Phi) is 4.38. The molecule has 0 aliphatic rings. The van der Waals surface area contributed by atoms with Gasteiger partial charge in [-0.25, -0.2) is 14.5 Å². The summed E-state index contributed by atoms with van der Waals surface area (Å²) in [6.07, 6.45) is 0. The number of rotatable bonds is 4. The molecule has 7 heteroatoms. The lowest BCUT2D eigenvalue weighted by molar-refractivity contribution is 0.101. The van der Waals surface area contributed by atoms with Crippen molar-refractivity contribution in [3.63, 3.8) is 0 Å². The maximum atomic E-state index is 12.3. The van der Waals surface area contributed by atoms with Crippen LogP contribution in [-0.2, 0) is 0 Å². The molecular weight excluding hydrogens is 334 g/mol. The van der Waals surface area contributed by atoms with Crippen molar-refractivity contribution < 1.29 is 15.0 Å². The Morgan fingerprint density at radius 2 is 1.77 bits per heavy atom. The predicted octanol–water partition coefficient (Wildman–Crippen LogP) is 2.96. The van der Waals surface area contributed by atoms with Crippen molar-refractivity contribution in [3.8, 4) is 28.6 Å². The Balaban J connectivity index is 2.19. The van der Waals surface area contributed by atoms with E-state index in [4.69, 9.17) is 0 Å². The number of aromatic amines is 1. The largest absolute Gasteiger partial charge is 0.508 e. The predicted molar refractivity (Wildman–Crippen MR) is 97.0 cm³/mol. The number of H-pyrrole nitrogens is 1. The van der Waals surface area contributed by atoms with Crippen LogP contribution in [0.1, 0.15) is 42.6 Å². The van der Waals surface area contributed by atoms with Crippen molar-refractivity contribution in [1.29, 1.82) is 0 Å². The molecule has 0 bridgehead atoms. The molecule has 0 saturated carbocycles. The van der Waals surface area contributed by atoms with Crippen LogP contribution in [0.15, 0.2) is 41.2 Å². The first-order chi connectivity index (χ1) is 12.3. The normalized spacial score (nSPS) is 11.1. The van der Waals surface area contributed by atoms with E-state index in [-0.39, 0.29) is 29.0 Å². The number of phenols is 2. The highest BCUT2D eigenvalue weighted by Gasteiger charge is 2.19. The third-order valence-electron chi connectivity index (χ3n) is 4.21. The SMILES string of the molecule is CC(=O)c1ccc(-n2c(-c3cc(C(C)C)c(O)cc3O)n[nH]c2=O)cc1. The maximum absolute atomic E-state index is 12.3. The summed E-state index contributed by atoms with van der Waals surface area (Å²) in [6.45, 7) is 5.29. The summed E-state index contributed by atoms with van der Waals surface area (Å²) < 4.78 is 1.31. The molecule has 0 saturated heterocycles. The van der Waals surface area contributed by atoms with Crippen LogP contribution in [0.25, 0.3) is 17.1 Å². The minimum Gasteiger partial charge on any atom is -0.508 e. The molecule has 0 aliphatic carbocycles. The fourth-order valence-corrected chi connectivity index (χ4v) is 2.80. The second-order valence-electron chi connectivity index (χ2n) is 6.37. The molecule has 3 N–H and O–H groups in total. The molecule has 134 valence electrons. The number of phenolic OH excluding ortho intramolecular Hbond substituents is 2. The van der Waals surface area contributed by atoms with E-state index in [1.165, 1.54) is 17.6 Å². The van der Waals surface area contributed by atoms with E-state index in [1.807, 2.05) is 13.8 Å². The Morgan fingerprint density at radius 3 is 2.35 bits per heavy atom. The number of ketones is 1. The summed E-state index contributed by atoms with van der Waals surface area (Å²) in [5.41, 5.74) is 1.50. The van der Waals surface area contributed by atoms with Gasteiger partial charge in [-0.15, -0.1) is 0 Å². The molecule has 26 heavy (non-hydrogen) atoms. The summed E-state index contributed by atoms with van der Waals surface area (Å²) in [6, 6.07) is 9.38. The van der Waals surface area contributed by atoms with Gasteiger partial charge in [0.05, 0.1) is 11.3 Å². The van der Waals surface area contributed by atoms with E-state index in [1.54, 1.807) is 30.3 Å². The Bertz CT molecular complexity index is 1030. The van der Waals surface area contributed by atoms with Crippen LogP contribution in [0.2, 0.25) is 0 Å². The zero-order valence-electron chi connectivity index (χ0n) is 14.6. The fraction of sp³-hybridized carbons (Fsp3) is 0.211. The zero-order chi connectivity index (χ0) is 19.0. The number of nitrogens with zero attached hydrogens (tertiary/aromatic N) is 2. The monoisotopic (exact) mass is 353 g/mol. The van der Waals surface area contributed by atoms with E-state index in [0.717, 1.165) is 0 Å². The van der Waals surface area contributed by atoms with Crippen LogP contribution < -0.4 is 5.69 Å². The van der Waals surface area contributed by atoms with Gasteiger partial charge in [-0.3, -0.25) is 4.79 Å². The van der Waals surface area contributed by atoms with Gasteiger partial charge in [0.25, 0.3) is 0 Å². The number of nitrogens with one attached hydrogen (secondary N) is 1. The number of hydrogen-bond acceptors (Lipinski definition) is 5. The summed E-state index contributed by atoms with van der Waals surface area (Å²) in [7, 11) is 0. The number of aromatic hydroxyl groups is 2. The highest BCUT2D eigenvalue weighted by atomic mass is 16.3. The number of carbonyl (C=O) groups excluding carboxylic acids is 1. The van der Waals surface area contributed by atoms with Crippen molar-refractivity contribution in [2.45, 2.75) is 26.7 Å². The lowest BCUT2D eigenvalue weighted by Crippen LogP contribution is -2.15. The minimum absolute atomic E-state index is 0.0170. The standard InChI is InChI=1S/C19H19N3O4/c1-10(2)14-8-15(17(25)9-16(14)24)18-20-21-19(26)22(18)13-6-4-12(5-7-13)11(3)23/h4-10,24-25H,1-3H3,(H,21,26). The molecule has 3 aromatic rings. The van der Waals surface area contributed by atoms with Gasteiger partial charge in [-0.2, -0.15) is 5.10 Å². The molecule has 0 unspecified atom stereocenters. The van der Waals surface area contributed by atoms with Gasteiger partial charge in [0.1, 0.15) is 11.5 Å². The van der Waals surface area contributed by atoms with Gasteiger partial charge in [-0.05, 0) is 48.7 Å². The molecular formula is C19H19N3O4. The van der Waals surface area contributed by atoms with E-state index in [2.05, 4.69) is 10.2 Å². The van der Waals surface area contributed by atoms with Gasteiger partial charge >= 0.3 is 5.69 Å². The van der Waals surface area contributed by atoms with Crippen LogP contribution in [0.4, 0.5) is 0 Å². The Labute approximate surface area is 149 Å². The third kappa shape index (κ3) is 2.99. The van der Waals surface area contributed by atoms with E-state index >= 15 is 0 Å². The maximum Gasteiger partial charge on any atom is 0.348 e. The quantitative estimate of drug-likeness (QED) is 0.625. The van der Waals surface area contributed by atoms with Crippen molar-refractivity contribution in [1.82, 2.24) is 14.8 Å². The molecule has 0 aliphatic heterocycles. The number of aromatic nitrogens is 3. The molecule has 1 heterocycles. The topological polar surface area (TPSA) is 108 Å². The van der Waals surface area contributed by atoms with Gasteiger partial charge in [-0.1, -0.05) is 13.8 Å². The molecule has 7 nitrogen and oxygen atoms in total. The Morgan fingerprint density at radius 1 is 1.12 bits per heavy atom. The molecule has 0 fully saturated rings. The number of hydrogen-bond donors (Lipinski definition) is 3. The van der Waals surface area contributed by atoms with Crippen LogP contribution in [0, 0.1) is 0 Å². The van der Waals surface area contributed by atoms with Crippen molar-refractivity contribution in [3.05, 3.63) is 58.0 Å². The first-order valence-electron chi connectivity index (χ1n) is 8.14. The zero-order valence-corrected chi connectivity index (χ0v) is 14.6. The van der Waals surface area contributed by atoms with Gasteiger partial charge in [0.15, 0.2) is 11.6 Å². The molecule has 0 atom stereocenters. The number of benzene rings is 2. The van der Waals surface area contributed by atoms with Crippen molar-refractivity contribution in [2.24, 2.45) is 0 Å². The van der Waals surface area contributed by atoms with Gasteiger partial charge in [0.2, 0.25) is 0 Å². The summed E-state index contributed by atoms with van der Waals surface area (Å²) >= 11 is 0. The molecule has 0 spiro atoms. The Hall–Kier alpha value is -3.35.